The van der Waals surface area contributed by atoms with E-state index in [0.717, 1.165) is 22.1 Å². The fourth-order valence-electron chi connectivity index (χ4n) is 2.26. The number of aryl methyl sites for hydroxylation is 1. The first-order valence-corrected chi connectivity index (χ1v) is 8.30. The number of pyridine rings is 2. The number of nitrogens with zero attached hydrogens (tertiary/aromatic N) is 3. The molecule has 0 saturated carbocycles. The van der Waals surface area contributed by atoms with Gasteiger partial charge in [0.1, 0.15) is 5.65 Å². The third-order valence-corrected chi connectivity index (χ3v) is 4.54. The first-order chi connectivity index (χ1) is 11.1. The standard InChI is InChI=1S/C17H18N4OS/c1-12-6-5-7-15-20-14(11-21(12)15)10-19-17(22)13(2)23-16-8-3-4-9-18-16/h3-9,11,13H,10H2,1-2H3,(H,19,22)/t13-/m1/s1. The molecule has 1 amide bonds. The molecule has 1 atom stereocenters. The van der Waals surface area contributed by atoms with Crippen LogP contribution in [0.15, 0.2) is 53.8 Å². The zero-order valence-corrected chi connectivity index (χ0v) is 13.9. The molecule has 3 aromatic rings. The fraction of sp³-hybridized carbons (Fsp3) is 0.235. The molecule has 0 aliphatic carbocycles. The van der Waals surface area contributed by atoms with Crippen LogP contribution in [-0.4, -0.2) is 25.5 Å². The molecule has 0 unspecified atom stereocenters. The quantitative estimate of drug-likeness (QED) is 0.733. The van der Waals surface area contributed by atoms with Crippen LogP contribution in [0.1, 0.15) is 18.3 Å². The number of imidazole rings is 1. The van der Waals surface area contributed by atoms with Crippen molar-refractivity contribution in [2.45, 2.75) is 30.7 Å². The second-order valence-electron chi connectivity index (χ2n) is 5.27. The Labute approximate surface area is 139 Å². The van der Waals surface area contributed by atoms with Crippen LogP contribution in [0, 0.1) is 6.92 Å². The summed E-state index contributed by atoms with van der Waals surface area (Å²) in [4.78, 5) is 21.0. The molecule has 0 aliphatic heterocycles. The lowest BCUT2D eigenvalue weighted by Gasteiger charge is -2.10. The summed E-state index contributed by atoms with van der Waals surface area (Å²) in [5.74, 6) is -0.0190. The number of fused-ring (bicyclic) bond motifs is 1. The van der Waals surface area contributed by atoms with Gasteiger partial charge in [-0.3, -0.25) is 4.79 Å². The van der Waals surface area contributed by atoms with Crippen LogP contribution in [0.5, 0.6) is 0 Å². The van der Waals surface area contributed by atoms with Gasteiger partial charge in [-0.05, 0) is 38.1 Å². The first kappa shape index (κ1) is 15.6. The zero-order chi connectivity index (χ0) is 16.2. The van der Waals surface area contributed by atoms with Crippen LogP contribution >= 0.6 is 11.8 Å². The van der Waals surface area contributed by atoms with Gasteiger partial charge in [0.15, 0.2) is 0 Å². The van der Waals surface area contributed by atoms with Crippen LogP contribution in [0.3, 0.4) is 0 Å². The van der Waals surface area contributed by atoms with Crippen molar-refractivity contribution in [3.05, 3.63) is 60.2 Å². The van der Waals surface area contributed by atoms with E-state index in [4.69, 9.17) is 0 Å². The van der Waals surface area contributed by atoms with E-state index in [9.17, 15) is 4.79 Å². The summed E-state index contributed by atoms with van der Waals surface area (Å²) in [6.07, 6.45) is 3.69. The van der Waals surface area contributed by atoms with Gasteiger partial charge in [0.05, 0.1) is 22.5 Å². The SMILES string of the molecule is Cc1cccc2nc(CNC(=O)[C@@H](C)Sc3ccccn3)cn12. The lowest BCUT2D eigenvalue weighted by molar-refractivity contribution is -0.120. The van der Waals surface area contributed by atoms with Crippen molar-refractivity contribution in [3.63, 3.8) is 0 Å². The summed E-state index contributed by atoms with van der Waals surface area (Å²) in [5.41, 5.74) is 2.86. The Balaban J connectivity index is 1.60. The molecule has 0 aliphatic rings. The average Bonchev–Trinajstić information content (AvgIpc) is 2.98. The Morgan fingerprint density at radius 3 is 2.91 bits per heavy atom. The van der Waals surface area contributed by atoms with Crippen LogP contribution < -0.4 is 5.32 Å². The molecule has 3 rings (SSSR count). The number of thioether (sulfide) groups is 1. The molecule has 5 nitrogen and oxygen atoms in total. The number of hydrogen-bond donors (Lipinski definition) is 1. The van der Waals surface area contributed by atoms with Gasteiger partial charge in [-0.1, -0.05) is 23.9 Å². The number of amides is 1. The maximum Gasteiger partial charge on any atom is 0.233 e. The topological polar surface area (TPSA) is 59.3 Å². The molecule has 6 heteroatoms. The molecule has 0 radical (unpaired) electrons. The van der Waals surface area contributed by atoms with E-state index in [1.807, 2.05) is 60.8 Å². The summed E-state index contributed by atoms with van der Waals surface area (Å²) in [5, 5.41) is 3.58. The molecule has 23 heavy (non-hydrogen) atoms. The highest BCUT2D eigenvalue weighted by molar-refractivity contribution is 8.00. The van der Waals surface area contributed by atoms with Crippen molar-refractivity contribution in [1.82, 2.24) is 19.7 Å². The third kappa shape index (κ3) is 3.71. The Bertz CT molecular complexity index is 816. The molecule has 3 aromatic heterocycles. The van der Waals surface area contributed by atoms with Gasteiger partial charge in [0.2, 0.25) is 5.91 Å². The lowest BCUT2D eigenvalue weighted by atomic mass is 10.4. The minimum atomic E-state index is -0.205. The van der Waals surface area contributed by atoms with Crippen molar-refractivity contribution in [2.75, 3.05) is 0 Å². The number of rotatable bonds is 5. The highest BCUT2D eigenvalue weighted by Crippen LogP contribution is 2.20. The average molecular weight is 326 g/mol. The Hall–Kier alpha value is -2.34. The Kier molecular flexibility index (Phi) is 4.62. The third-order valence-electron chi connectivity index (χ3n) is 3.49. The van der Waals surface area contributed by atoms with E-state index in [-0.39, 0.29) is 11.2 Å². The summed E-state index contributed by atoms with van der Waals surface area (Å²) in [7, 11) is 0. The van der Waals surface area contributed by atoms with E-state index in [1.54, 1.807) is 6.20 Å². The summed E-state index contributed by atoms with van der Waals surface area (Å²) in [6.45, 7) is 4.33. The van der Waals surface area contributed by atoms with Crippen molar-refractivity contribution in [3.8, 4) is 0 Å². The van der Waals surface area contributed by atoms with Crippen LogP contribution in [0.25, 0.3) is 5.65 Å². The first-order valence-electron chi connectivity index (χ1n) is 7.42. The molecule has 3 heterocycles. The minimum absolute atomic E-state index is 0.0190. The Morgan fingerprint density at radius 1 is 1.30 bits per heavy atom. The highest BCUT2D eigenvalue weighted by Gasteiger charge is 2.15. The maximum atomic E-state index is 12.2. The van der Waals surface area contributed by atoms with Crippen LogP contribution in [0.2, 0.25) is 0 Å². The van der Waals surface area contributed by atoms with E-state index >= 15 is 0 Å². The molecular formula is C17H18N4OS. The van der Waals surface area contributed by atoms with E-state index in [0.29, 0.717) is 6.54 Å². The molecule has 0 bridgehead atoms. The van der Waals surface area contributed by atoms with Gasteiger partial charge in [0, 0.05) is 18.1 Å². The smallest absolute Gasteiger partial charge is 0.233 e. The largest absolute Gasteiger partial charge is 0.349 e. The normalized spacial score (nSPS) is 12.3. The summed E-state index contributed by atoms with van der Waals surface area (Å²) < 4.78 is 2.02. The molecule has 0 aromatic carbocycles. The maximum absolute atomic E-state index is 12.2. The van der Waals surface area contributed by atoms with Gasteiger partial charge >= 0.3 is 0 Å². The van der Waals surface area contributed by atoms with E-state index in [1.165, 1.54) is 11.8 Å². The highest BCUT2D eigenvalue weighted by atomic mass is 32.2. The number of carbonyl (C=O) groups is 1. The summed E-state index contributed by atoms with van der Waals surface area (Å²) >= 11 is 1.45. The number of nitrogens with one attached hydrogen (secondary N) is 1. The zero-order valence-electron chi connectivity index (χ0n) is 13.1. The lowest BCUT2D eigenvalue weighted by Crippen LogP contribution is -2.30. The number of aromatic nitrogens is 3. The van der Waals surface area contributed by atoms with Crippen LogP contribution in [-0.2, 0) is 11.3 Å². The second-order valence-corrected chi connectivity index (χ2v) is 6.63. The van der Waals surface area contributed by atoms with Gasteiger partial charge < -0.3 is 9.72 Å². The molecule has 0 saturated heterocycles. The van der Waals surface area contributed by atoms with Crippen LogP contribution in [0.4, 0.5) is 0 Å². The van der Waals surface area contributed by atoms with Gasteiger partial charge in [-0.15, -0.1) is 0 Å². The van der Waals surface area contributed by atoms with Crippen molar-refractivity contribution in [2.24, 2.45) is 0 Å². The molecule has 0 fully saturated rings. The van der Waals surface area contributed by atoms with Crippen molar-refractivity contribution >= 4 is 23.3 Å². The van der Waals surface area contributed by atoms with Gasteiger partial charge in [-0.2, -0.15) is 0 Å². The predicted octanol–water partition coefficient (Wildman–Crippen LogP) is 2.83. The van der Waals surface area contributed by atoms with Gasteiger partial charge in [0.25, 0.3) is 0 Å². The van der Waals surface area contributed by atoms with Crippen molar-refractivity contribution < 1.29 is 4.79 Å². The van der Waals surface area contributed by atoms with Gasteiger partial charge in [-0.25, -0.2) is 9.97 Å². The van der Waals surface area contributed by atoms with Crippen molar-refractivity contribution in [1.29, 1.82) is 0 Å². The predicted molar refractivity (Wildman–Crippen MR) is 91.3 cm³/mol. The fourth-order valence-corrected chi connectivity index (χ4v) is 3.09. The molecular weight excluding hydrogens is 308 g/mol. The van der Waals surface area contributed by atoms with E-state index in [2.05, 4.69) is 15.3 Å². The summed E-state index contributed by atoms with van der Waals surface area (Å²) in [6, 6.07) is 11.6. The Morgan fingerprint density at radius 2 is 2.17 bits per heavy atom. The monoisotopic (exact) mass is 326 g/mol. The molecule has 1 N–H and O–H groups in total. The molecule has 118 valence electrons. The van der Waals surface area contributed by atoms with E-state index < -0.39 is 0 Å². The minimum Gasteiger partial charge on any atom is -0.349 e. The number of carbonyl (C=O) groups excluding carboxylic acids is 1. The number of hydrogen-bond acceptors (Lipinski definition) is 4. The molecule has 0 spiro atoms. The second kappa shape index (κ2) is 6.83.